The molecule has 1 aromatic heterocycles. The van der Waals surface area contributed by atoms with Gasteiger partial charge in [-0.3, -0.25) is 4.68 Å². The van der Waals surface area contributed by atoms with Gasteiger partial charge in [0.1, 0.15) is 0 Å². The molecule has 4 heteroatoms. The topological polar surface area (TPSA) is 17.8 Å². The lowest BCUT2D eigenvalue weighted by Crippen LogP contribution is -1.96. The molecular formula is C9H12Cl2N2. The standard InChI is InChI=1S/C9H12Cl2N2/c1-7(4-3-5-10)9-8(11)6-12-13(9)2/h4,6H,3,5H2,1-2H3. The molecule has 13 heavy (non-hydrogen) atoms. The highest BCUT2D eigenvalue weighted by atomic mass is 35.5. The van der Waals surface area contributed by atoms with Crippen molar-refractivity contribution in [1.82, 2.24) is 9.78 Å². The fourth-order valence-corrected chi connectivity index (χ4v) is 1.65. The molecule has 0 N–H and O–H groups in total. The van der Waals surface area contributed by atoms with E-state index in [4.69, 9.17) is 23.2 Å². The molecule has 0 bridgehead atoms. The van der Waals surface area contributed by atoms with Gasteiger partial charge in [-0.1, -0.05) is 17.7 Å². The first-order valence-corrected chi connectivity index (χ1v) is 4.98. The lowest BCUT2D eigenvalue weighted by atomic mass is 10.2. The molecule has 0 unspecified atom stereocenters. The van der Waals surface area contributed by atoms with Crippen LogP contribution >= 0.6 is 23.2 Å². The Bertz CT molecular complexity index is 296. The summed E-state index contributed by atoms with van der Waals surface area (Å²) in [4.78, 5) is 0. The van der Waals surface area contributed by atoms with Crippen LogP contribution in [0.5, 0.6) is 0 Å². The highest BCUT2D eigenvalue weighted by molar-refractivity contribution is 6.32. The Morgan fingerprint density at radius 1 is 1.69 bits per heavy atom. The van der Waals surface area contributed by atoms with E-state index in [-0.39, 0.29) is 0 Å². The first-order valence-electron chi connectivity index (χ1n) is 4.07. The third-order valence-corrected chi connectivity index (χ3v) is 2.32. The number of halogens is 2. The van der Waals surface area contributed by atoms with E-state index in [1.54, 1.807) is 10.9 Å². The first-order chi connectivity index (χ1) is 6.16. The van der Waals surface area contributed by atoms with Crippen molar-refractivity contribution in [2.45, 2.75) is 13.3 Å². The van der Waals surface area contributed by atoms with Gasteiger partial charge in [0, 0.05) is 12.9 Å². The molecule has 0 spiro atoms. The summed E-state index contributed by atoms with van der Waals surface area (Å²) in [6.45, 7) is 2.01. The van der Waals surface area contributed by atoms with Gasteiger partial charge in [-0.05, 0) is 18.9 Å². The Morgan fingerprint density at radius 3 is 2.85 bits per heavy atom. The molecule has 2 nitrogen and oxygen atoms in total. The van der Waals surface area contributed by atoms with Crippen LogP contribution in [0.2, 0.25) is 5.02 Å². The maximum Gasteiger partial charge on any atom is 0.0862 e. The zero-order chi connectivity index (χ0) is 9.84. The largest absolute Gasteiger partial charge is 0.267 e. The summed E-state index contributed by atoms with van der Waals surface area (Å²) in [5.41, 5.74) is 2.08. The Hall–Kier alpha value is -0.470. The van der Waals surface area contributed by atoms with E-state index in [9.17, 15) is 0 Å². The summed E-state index contributed by atoms with van der Waals surface area (Å²) >= 11 is 11.5. The van der Waals surface area contributed by atoms with Crippen molar-refractivity contribution in [2.75, 3.05) is 5.88 Å². The molecule has 1 rings (SSSR count). The van der Waals surface area contributed by atoms with Crippen molar-refractivity contribution in [3.63, 3.8) is 0 Å². The Kier molecular flexibility index (Phi) is 3.82. The van der Waals surface area contributed by atoms with Crippen LogP contribution in [0.1, 0.15) is 19.0 Å². The number of rotatable bonds is 3. The smallest absolute Gasteiger partial charge is 0.0862 e. The zero-order valence-electron chi connectivity index (χ0n) is 7.72. The summed E-state index contributed by atoms with van der Waals surface area (Å²) in [6, 6.07) is 0. The number of hydrogen-bond donors (Lipinski definition) is 0. The van der Waals surface area contributed by atoms with Gasteiger partial charge in [0.15, 0.2) is 0 Å². The second-order valence-corrected chi connectivity index (χ2v) is 3.61. The summed E-state index contributed by atoms with van der Waals surface area (Å²) in [5.74, 6) is 0.632. The van der Waals surface area contributed by atoms with Crippen LogP contribution in [0.15, 0.2) is 12.3 Å². The average molecular weight is 219 g/mol. The number of nitrogens with zero attached hydrogens (tertiary/aromatic N) is 2. The first kappa shape index (κ1) is 10.6. The molecular weight excluding hydrogens is 207 g/mol. The molecule has 0 fully saturated rings. The van der Waals surface area contributed by atoms with Gasteiger partial charge in [0.25, 0.3) is 0 Å². The number of allylic oxidation sites excluding steroid dienone is 2. The minimum Gasteiger partial charge on any atom is -0.267 e. The average Bonchev–Trinajstić information content (AvgIpc) is 2.42. The van der Waals surface area contributed by atoms with Crippen LogP contribution < -0.4 is 0 Å². The number of aryl methyl sites for hydroxylation is 1. The number of aromatic nitrogens is 2. The van der Waals surface area contributed by atoms with Gasteiger partial charge in [-0.15, -0.1) is 11.6 Å². The predicted octanol–water partition coefficient (Wildman–Crippen LogP) is 3.11. The van der Waals surface area contributed by atoms with Crippen LogP contribution in [0.25, 0.3) is 5.57 Å². The normalized spacial score (nSPS) is 12.2. The fraction of sp³-hybridized carbons (Fsp3) is 0.444. The third kappa shape index (κ3) is 2.48. The van der Waals surface area contributed by atoms with Gasteiger partial charge in [-0.25, -0.2) is 0 Å². The van der Waals surface area contributed by atoms with E-state index in [0.717, 1.165) is 17.7 Å². The van der Waals surface area contributed by atoms with Gasteiger partial charge in [0.2, 0.25) is 0 Å². The molecule has 0 aliphatic heterocycles. The molecule has 0 saturated carbocycles. The fourth-order valence-electron chi connectivity index (χ4n) is 1.22. The Labute approximate surface area is 88.1 Å². The summed E-state index contributed by atoms with van der Waals surface area (Å²) in [5, 5.41) is 4.74. The van der Waals surface area contributed by atoms with E-state index in [1.807, 2.05) is 14.0 Å². The van der Waals surface area contributed by atoms with Crippen molar-refractivity contribution in [3.05, 3.63) is 23.0 Å². The lowest BCUT2D eigenvalue weighted by molar-refractivity contribution is 0.755. The van der Waals surface area contributed by atoms with E-state index >= 15 is 0 Å². The van der Waals surface area contributed by atoms with E-state index < -0.39 is 0 Å². The van der Waals surface area contributed by atoms with Crippen molar-refractivity contribution in [1.29, 1.82) is 0 Å². The van der Waals surface area contributed by atoms with Crippen LogP contribution in [0.4, 0.5) is 0 Å². The minimum atomic E-state index is 0.632. The Balaban J connectivity index is 2.93. The second-order valence-electron chi connectivity index (χ2n) is 2.83. The van der Waals surface area contributed by atoms with E-state index in [0.29, 0.717) is 10.9 Å². The molecule has 0 atom stereocenters. The summed E-state index contributed by atoms with van der Waals surface area (Å²) in [6.07, 6.45) is 4.57. The highest BCUT2D eigenvalue weighted by Gasteiger charge is 2.06. The van der Waals surface area contributed by atoms with E-state index in [1.165, 1.54) is 0 Å². The third-order valence-electron chi connectivity index (χ3n) is 1.83. The molecule has 1 heterocycles. The highest BCUT2D eigenvalue weighted by Crippen LogP contribution is 2.22. The quantitative estimate of drug-likeness (QED) is 0.714. The van der Waals surface area contributed by atoms with E-state index in [2.05, 4.69) is 11.2 Å². The molecule has 0 amide bonds. The predicted molar refractivity (Wildman–Crippen MR) is 57.2 cm³/mol. The van der Waals surface area contributed by atoms with Gasteiger partial charge in [-0.2, -0.15) is 5.10 Å². The van der Waals surface area contributed by atoms with Gasteiger partial charge < -0.3 is 0 Å². The zero-order valence-corrected chi connectivity index (χ0v) is 9.23. The minimum absolute atomic E-state index is 0.632. The SMILES string of the molecule is CC(=CCCCl)c1c(Cl)cnn1C. The van der Waals surface area contributed by atoms with Crippen LogP contribution in [-0.4, -0.2) is 15.7 Å². The van der Waals surface area contributed by atoms with Crippen LogP contribution in [0.3, 0.4) is 0 Å². The van der Waals surface area contributed by atoms with Crippen LogP contribution in [-0.2, 0) is 7.05 Å². The van der Waals surface area contributed by atoms with Gasteiger partial charge >= 0.3 is 0 Å². The molecule has 72 valence electrons. The van der Waals surface area contributed by atoms with Crippen molar-refractivity contribution in [3.8, 4) is 0 Å². The molecule has 0 radical (unpaired) electrons. The molecule has 1 aromatic rings. The maximum atomic E-state index is 5.96. The molecule has 0 aliphatic carbocycles. The number of hydrogen-bond acceptors (Lipinski definition) is 1. The molecule has 0 saturated heterocycles. The van der Waals surface area contributed by atoms with Crippen molar-refractivity contribution < 1.29 is 0 Å². The molecule has 0 aromatic carbocycles. The molecule has 0 aliphatic rings. The number of alkyl halides is 1. The van der Waals surface area contributed by atoms with Crippen LogP contribution in [0, 0.1) is 0 Å². The van der Waals surface area contributed by atoms with Gasteiger partial charge in [0.05, 0.1) is 16.9 Å². The summed E-state index contributed by atoms with van der Waals surface area (Å²) in [7, 11) is 1.87. The maximum absolute atomic E-state index is 5.96. The lowest BCUT2D eigenvalue weighted by Gasteiger charge is -2.02. The van der Waals surface area contributed by atoms with Crippen molar-refractivity contribution >= 4 is 28.8 Å². The summed E-state index contributed by atoms with van der Waals surface area (Å²) < 4.78 is 1.77. The monoisotopic (exact) mass is 218 g/mol. The van der Waals surface area contributed by atoms with Crippen molar-refractivity contribution in [2.24, 2.45) is 7.05 Å². The second kappa shape index (κ2) is 4.68. The Morgan fingerprint density at radius 2 is 2.38 bits per heavy atom.